The van der Waals surface area contributed by atoms with E-state index in [1.54, 1.807) is 0 Å². The first-order valence-corrected chi connectivity index (χ1v) is 11.3. The van der Waals surface area contributed by atoms with E-state index in [-0.39, 0.29) is 34.7 Å². The Balaban J connectivity index is 1.63. The van der Waals surface area contributed by atoms with Gasteiger partial charge in [0.05, 0.1) is 30.6 Å². The van der Waals surface area contributed by atoms with Crippen molar-refractivity contribution in [1.82, 2.24) is 14.5 Å². The standard InChI is InChI=1S/C26H20F5N3O3/c1-37-25(36)13-7-17(29)24-19(8-13)34(12-26(11-27)5-6-26)20(33-24)10-14-16(28)9-15(23(31)22(14)30)18-3-2-4-21(35)32-18/h2-4,7-9H,5-6,10-12H2,1H3,(H,32,35). The molecule has 0 spiro atoms. The van der Waals surface area contributed by atoms with Crippen molar-refractivity contribution in [1.29, 1.82) is 0 Å². The number of pyridine rings is 1. The van der Waals surface area contributed by atoms with Gasteiger partial charge in [-0.2, -0.15) is 0 Å². The molecule has 192 valence electrons. The molecule has 1 fully saturated rings. The molecule has 1 aliphatic rings. The summed E-state index contributed by atoms with van der Waals surface area (Å²) in [5.74, 6) is -6.17. The molecule has 2 aromatic carbocycles. The van der Waals surface area contributed by atoms with Gasteiger partial charge in [0.2, 0.25) is 5.88 Å². The number of imidazole rings is 1. The third-order valence-electron chi connectivity index (χ3n) is 6.64. The number of methoxy groups -OCH3 is 1. The van der Waals surface area contributed by atoms with Gasteiger partial charge < -0.3 is 14.4 Å². The molecule has 0 aliphatic heterocycles. The Hall–Kier alpha value is -4.02. The molecule has 0 atom stereocenters. The molecule has 11 heteroatoms. The Kier molecular flexibility index (Phi) is 6.09. The topological polar surface area (TPSA) is 77.2 Å². The molecule has 0 bridgehead atoms. The molecule has 0 unspecified atom stereocenters. The number of carbonyl (C=O) groups excluding carboxylic acids is 1. The number of nitrogens with zero attached hydrogens (tertiary/aromatic N) is 3. The molecular weight excluding hydrogens is 497 g/mol. The average molecular weight is 517 g/mol. The summed E-state index contributed by atoms with van der Waals surface area (Å²) in [6.45, 7) is -0.648. The van der Waals surface area contributed by atoms with Crippen LogP contribution in [0, 0.1) is 28.7 Å². The van der Waals surface area contributed by atoms with E-state index in [1.807, 2.05) is 0 Å². The van der Waals surface area contributed by atoms with Gasteiger partial charge in [-0.3, -0.25) is 4.39 Å². The van der Waals surface area contributed by atoms with Crippen molar-refractivity contribution in [3.05, 3.63) is 76.6 Å². The number of halogens is 5. The first kappa shape index (κ1) is 24.7. The van der Waals surface area contributed by atoms with Gasteiger partial charge in [-0.05, 0) is 37.1 Å². The lowest BCUT2D eigenvalue weighted by Crippen LogP contribution is -2.17. The smallest absolute Gasteiger partial charge is 0.338 e. The number of aromatic nitrogens is 3. The summed E-state index contributed by atoms with van der Waals surface area (Å²) in [5.41, 5.74) is -2.26. The van der Waals surface area contributed by atoms with Crippen LogP contribution in [0.5, 0.6) is 5.88 Å². The highest BCUT2D eigenvalue weighted by atomic mass is 19.2. The van der Waals surface area contributed by atoms with E-state index in [0.717, 1.165) is 19.2 Å². The largest absolute Gasteiger partial charge is 0.493 e. The number of hydrogen-bond acceptors (Lipinski definition) is 5. The number of rotatable bonds is 7. The van der Waals surface area contributed by atoms with Gasteiger partial charge in [0, 0.05) is 35.6 Å². The molecule has 1 saturated carbocycles. The number of esters is 1. The monoisotopic (exact) mass is 517 g/mol. The Morgan fingerprint density at radius 2 is 1.84 bits per heavy atom. The zero-order valence-electron chi connectivity index (χ0n) is 19.5. The van der Waals surface area contributed by atoms with Crippen molar-refractivity contribution >= 4 is 17.0 Å². The number of benzene rings is 2. The number of aromatic hydroxyl groups is 1. The Labute approximate surface area is 207 Å². The van der Waals surface area contributed by atoms with Gasteiger partial charge in [0.1, 0.15) is 17.2 Å². The Morgan fingerprint density at radius 1 is 1.08 bits per heavy atom. The van der Waals surface area contributed by atoms with Gasteiger partial charge in [-0.15, -0.1) is 0 Å². The van der Waals surface area contributed by atoms with Crippen LogP contribution in [0.3, 0.4) is 0 Å². The van der Waals surface area contributed by atoms with E-state index in [1.165, 1.54) is 28.8 Å². The van der Waals surface area contributed by atoms with Crippen molar-refractivity contribution < 1.29 is 36.6 Å². The van der Waals surface area contributed by atoms with Crippen LogP contribution in [0.4, 0.5) is 22.0 Å². The quantitative estimate of drug-likeness (QED) is 0.199. The fourth-order valence-electron chi connectivity index (χ4n) is 4.34. The highest BCUT2D eigenvalue weighted by Gasteiger charge is 2.44. The van der Waals surface area contributed by atoms with Crippen LogP contribution >= 0.6 is 0 Å². The van der Waals surface area contributed by atoms with Crippen molar-refractivity contribution in [2.45, 2.75) is 25.8 Å². The predicted molar refractivity (Wildman–Crippen MR) is 123 cm³/mol. The van der Waals surface area contributed by atoms with Crippen LogP contribution < -0.4 is 0 Å². The number of ether oxygens (including phenoxy) is 1. The first-order chi connectivity index (χ1) is 17.7. The summed E-state index contributed by atoms with van der Waals surface area (Å²) in [4.78, 5) is 19.9. The summed E-state index contributed by atoms with van der Waals surface area (Å²) >= 11 is 0. The molecule has 2 aromatic heterocycles. The predicted octanol–water partition coefficient (Wildman–Crippen LogP) is 5.49. The molecule has 1 N–H and O–H groups in total. The molecule has 6 nitrogen and oxygen atoms in total. The summed E-state index contributed by atoms with van der Waals surface area (Å²) in [5, 5.41) is 9.54. The second kappa shape index (κ2) is 9.13. The molecule has 1 aliphatic carbocycles. The van der Waals surface area contributed by atoms with E-state index in [2.05, 4.69) is 14.7 Å². The van der Waals surface area contributed by atoms with Gasteiger partial charge in [0.15, 0.2) is 17.5 Å². The highest BCUT2D eigenvalue weighted by molar-refractivity contribution is 5.94. The second-order valence-electron chi connectivity index (χ2n) is 9.14. The van der Waals surface area contributed by atoms with Crippen LogP contribution in [0.15, 0.2) is 36.4 Å². The summed E-state index contributed by atoms with van der Waals surface area (Å²) in [6, 6.07) is 6.85. The van der Waals surface area contributed by atoms with Gasteiger partial charge in [-0.25, -0.2) is 32.3 Å². The minimum atomic E-state index is -1.50. The minimum absolute atomic E-state index is 0.0242. The van der Waals surface area contributed by atoms with Crippen molar-refractivity contribution in [2.24, 2.45) is 5.41 Å². The van der Waals surface area contributed by atoms with E-state index < -0.39 is 64.8 Å². The first-order valence-electron chi connectivity index (χ1n) is 11.3. The third kappa shape index (κ3) is 4.38. The lowest BCUT2D eigenvalue weighted by Gasteiger charge is -2.16. The van der Waals surface area contributed by atoms with Gasteiger partial charge in [-0.1, -0.05) is 6.07 Å². The van der Waals surface area contributed by atoms with Crippen LogP contribution in [-0.4, -0.2) is 39.4 Å². The Morgan fingerprint density at radius 3 is 2.49 bits per heavy atom. The molecule has 2 heterocycles. The molecule has 0 amide bonds. The maximum atomic E-state index is 15.2. The van der Waals surface area contributed by atoms with Crippen molar-refractivity contribution in [3.8, 4) is 17.1 Å². The summed E-state index contributed by atoms with van der Waals surface area (Å²) in [7, 11) is 1.13. The van der Waals surface area contributed by atoms with Crippen LogP contribution in [0.2, 0.25) is 0 Å². The van der Waals surface area contributed by atoms with Gasteiger partial charge in [0.25, 0.3) is 0 Å². The number of alkyl halides is 1. The molecule has 37 heavy (non-hydrogen) atoms. The SMILES string of the molecule is COC(=O)c1cc(F)c2nc(Cc3c(F)cc(-c4cccc(O)n4)c(F)c3F)n(CC3(CF)CC3)c2c1. The van der Waals surface area contributed by atoms with E-state index >= 15 is 8.78 Å². The lowest BCUT2D eigenvalue weighted by molar-refractivity contribution is 0.0600. The molecular formula is C26H20F5N3O3. The fraction of sp³-hybridized carbons (Fsp3) is 0.269. The van der Waals surface area contributed by atoms with E-state index in [0.29, 0.717) is 12.8 Å². The maximum Gasteiger partial charge on any atom is 0.338 e. The van der Waals surface area contributed by atoms with Gasteiger partial charge >= 0.3 is 5.97 Å². The third-order valence-corrected chi connectivity index (χ3v) is 6.64. The van der Waals surface area contributed by atoms with Crippen LogP contribution in [0.25, 0.3) is 22.3 Å². The van der Waals surface area contributed by atoms with E-state index in [4.69, 9.17) is 0 Å². The second-order valence-corrected chi connectivity index (χ2v) is 9.14. The number of carbonyl (C=O) groups is 1. The Bertz CT molecular complexity index is 1550. The zero-order chi connectivity index (χ0) is 26.5. The molecule has 0 saturated heterocycles. The summed E-state index contributed by atoms with van der Waals surface area (Å²) in [6.07, 6.45) is 0.516. The lowest BCUT2D eigenvalue weighted by atomic mass is 10.0. The van der Waals surface area contributed by atoms with Crippen molar-refractivity contribution in [2.75, 3.05) is 13.8 Å². The van der Waals surface area contributed by atoms with E-state index in [9.17, 15) is 23.1 Å². The summed E-state index contributed by atoms with van der Waals surface area (Å²) < 4.78 is 80.0. The molecule has 4 aromatic rings. The number of fused-ring (bicyclic) bond motifs is 1. The fourth-order valence-corrected chi connectivity index (χ4v) is 4.34. The highest BCUT2D eigenvalue weighted by Crippen LogP contribution is 2.48. The maximum absolute atomic E-state index is 15.2. The average Bonchev–Trinajstić information content (AvgIpc) is 3.58. The van der Waals surface area contributed by atoms with Crippen LogP contribution in [-0.2, 0) is 17.7 Å². The zero-order valence-corrected chi connectivity index (χ0v) is 19.5. The molecule has 5 rings (SSSR count). The number of hydrogen-bond donors (Lipinski definition) is 1. The minimum Gasteiger partial charge on any atom is -0.493 e. The normalized spacial score (nSPS) is 14.2. The van der Waals surface area contributed by atoms with Crippen LogP contribution in [0.1, 0.15) is 34.6 Å². The van der Waals surface area contributed by atoms with Crippen molar-refractivity contribution in [3.63, 3.8) is 0 Å². The molecule has 0 radical (unpaired) electrons.